The Labute approximate surface area is 213 Å². The van der Waals surface area contributed by atoms with Gasteiger partial charge >= 0.3 is 6.36 Å². The fourth-order valence-electron chi connectivity index (χ4n) is 5.64. The molecule has 2 atom stereocenters. The average molecular weight is 512 g/mol. The van der Waals surface area contributed by atoms with E-state index in [0.717, 1.165) is 28.8 Å². The van der Waals surface area contributed by atoms with Crippen LogP contribution in [0, 0.1) is 5.92 Å². The fraction of sp³-hybridized carbons (Fsp3) is 0.345. The minimum atomic E-state index is -4.76. The van der Waals surface area contributed by atoms with Gasteiger partial charge in [0.15, 0.2) is 0 Å². The highest BCUT2D eigenvalue weighted by Gasteiger charge is 2.62. The largest absolute Gasteiger partial charge is 0.573 e. The van der Waals surface area contributed by atoms with Crippen LogP contribution in [0.1, 0.15) is 43.9 Å². The topological polar surface area (TPSA) is 56.8 Å². The van der Waals surface area contributed by atoms with Gasteiger partial charge in [-0.25, -0.2) is 0 Å². The van der Waals surface area contributed by atoms with Crippen molar-refractivity contribution >= 4 is 11.6 Å². The van der Waals surface area contributed by atoms with Crippen molar-refractivity contribution in [2.45, 2.75) is 51.0 Å². The molecule has 3 aromatic carbocycles. The number of hydrogen-bond acceptors (Lipinski definition) is 4. The molecule has 1 unspecified atom stereocenters. The third kappa shape index (κ3) is 4.38. The highest BCUT2D eigenvalue weighted by Crippen LogP contribution is 2.58. The lowest BCUT2D eigenvalue weighted by molar-refractivity contribution is -0.274. The Morgan fingerprint density at radius 1 is 0.973 bits per heavy atom. The molecular weight excluding hydrogens is 483 g/mol. The summed E-state index contributed by atoms with van der Waals surface area (Å²) in [6.45, 7) is 6.47. The molecule has 0 bridgehead atoms. The third-order valence-electron chi connectivity index (χ3n) is 7.14. The second-order valence-electron chi connectivity index (χ2n) is 9.97. The maximum Gasteiger partial charge on any atom is 0.573 e. The molecule has 1 spiro atoms. The first-order chi connectivity index (χ1) is 17.5. The zero-order valence-corrected chi connectivity index (χ0v) is 20.8. The molecule has 194 valence electrons. The zero-order chi connectivity index (χ0) is 26.4. The van der Waals surface area contributed by atoms with E-state index in [2.05, 4.69) is 10.1 Å². The van der Waals surface area contributed by atoms with Crippen molar-refractivity contribution in [2.24, 2.45) is 5.92 Å². The summed E-state index contributed by atoms with van der Waals surface area (Å²) in [6.07, 6.45) is -3.52. The van der Waals surface area contributed by atoms with Crippen LogP contribution < -0.4 is 19.5 Å². The molecule has 1 N–H and O–H groups in total. The fourth-order valence-corrected chi connectivity index (χ4v) is 5.64. The summed E-state index contributed by atoms with van der Waals surface area (Å²) >= 11 is 0. The van der Waals surface area contributed by atoms with Gasteiger partial charge in [0, 0.05) is 23.2 Å². The van der Waals surface area contributed by atoms with Gasteiger partial charge in [-0.2, -0.15) is 0 Å². The maximum atomic E-state index is 14.0. The molecule has 37 heavy (non-hydrogen) atoms. The second kappa shape index (κ2) is 9.01. The normalized spacial score (nSPS) is 21.6. The van der Waals surface area contributed by atoms with Crippen LogP contribution in [-0.2, 0) is 16.6 Å². The first-order valence-corrected chi connectivity index (χ1v) is 12.3. The Hall–Kier alpha value is -3.68. The van der Waals surface area contributed by atoms with Gasteiger partial charge in [-0.1, -0.05) is 43.3 Å². The number of halogens is 3. The van der Waals surface area contributed by atoms with Gasteiger partial charge in [0.05, 0.1) is 6.61 Å². The summed E-state index contributed by atoms with van der Waals surface area (Å²) in [4.78, 5) is 14.0. The van der Waals surface area contributed by atoms with Crippen LogP contribution in [0.2, 0.25) is 0 Å². The first kappa shape index (κ1) is 25.0. The number of benzene rings is 3. The molecule has 0 saturated carbocycles. The number of fused-ring (bicyclic) bond motifs is 4. The van der Waals surface area contributed by atoms with Gasteiger partial charge in [-0.3, -0.25) is 4.79 Å². The lowest BCUT2D eigenvalue weighted by atomic mass is 9.58. The monoisotopic (exact) mass is 511 g/mol. The van der Waals surface area contributed by atoms with Crippen molar-refractivity contribution in [3.05, 3.63) is 83.4 Å². The summed E-state index contributed by atoms with van der Waals surface area (Å²) in [5.41, 5.74) is 1.20. The number of amides is 1. The zero-order valence-electron chi connectivity index (χ0n) is 20.8. The SMILES string of the molecule is CCCOc1ccc2c(c1)OC(C)(C)C(Cc1ccc(OC(F)(F)F)cc1)[C@]21C(=O)Nc2ccccc21. The Morgan fingerprint density at radius 2 is 1.68 bits per heavy atom. The molecule has 0 aliphatic carbocycles. The maximum absolute atomic E-state index is 14.0. The van der Waals surface area contributed by atoms with Crippen LogP contribution in [0.25, 0.3) is 0 Å². The quantitative estimate of drug-likeness (QED) is 0.403. The second-order valence-corrected chi connectivity index (χ2v) is 9.97. The lowest BCUT2D eigenvalue weighted by Crippen LogP contribution is -2.58. The van der Waals surface area contributed by atoms with E-state index < -0.39 is 17.4 Å². The lowest BCUT2D eigenvalue weighted by Gasteiger charge is -2.50. The molecular formula is C29H28F3NO4. The van der Waals surface area contributed by atoms with Gasteiger partial charge in [-0.15, -0.1) is 13.2 Å². The third-order valence-corrected chi connectivity index (χ3v) is 7.14. The van der Waals surface area contributed by atoms with E-state index in [1.165, 1.54) is 12.1 Å². The van der Waals surface area contributed by atoms with Crippen molar-refractivity contribution in [1.29, 1.82) is 0 Å². The summed E-state index contributed by atoms with van der Waals surface area (Å²) in [5.74, 6) is 0.412. The molecule has 1 amide bonds. The molecule has 0 aromatic heterocycles. The number of nitrogens with one attached hydrogen (secondary N) is 1. The van der Waals surface area contributed by atoms with Gasteiger partial charge in [0.25, 0.3) is 0 Å². The van der Waals surface area contributed by atoms with E-state index in [4.69, 9.17) is 9.47 Å². The van der Waals surface area contributed by atoms with Gasteiger partial charge in [0.2, 0.25) is 5.91 Å². The average Bonchev–Trinajstić information content (AvgIpc) is 3.12. The van der Waals surface area contributed by atoms with Gasteiger partial charge < -0.3 is 19.5 Å². The summed E-state index contributed by atoms with van der Waals surface area (Å²) in [5, 5.41) is 3.07. The Morgan fingerprint density at radius 3 is 2.38 bits per heavy atom. The highest BCUT2D eigenvalue weighted by atomic mass is 19.4. The molecule has 5 nitrogen and oxygen atoms in total. The number of hydrogen-bond donors (Lipinski definition) is 1. The standard InChI is InChI=1S/C29H28F3NO4/c1-4-15-35-20-13-14-22-24(17-20)37-27(2,3)25(16-18-9-11-19(12-10-18)36-29(30,31)32)28(22)21-7-5-6-8-23(21)33-26(28)34/h5-14,17,25H,4,15-16H2,1-3H3,(H,33,34)/t25?,28-/m1/s1. The predicted octanol–water partition coefficient (Wildman–Crippen LogP) is 6.64. The van der Waals surface area contributed by atoms with E-state index in [9.17, 15) is 18.0 Å². The van der Waals surface area contributed by atoms with Crippen molar-refractivity contribution in [3.63, 3.8) is 0 Å². The molecule has 2 aliphatic rings. The van der Waals surface area contributed by atoms with Gasteiger partial charge in [-0.05, 0) is 62.1 Å². The number of ether oxygens (including phenoxy) is 3. The first-order valence-electron chi connectivity index (χ1n) is 12.3. The molecule has 2 heterocycles. The van der Waals surface area contributed by atoms with Crippen molar-refractivity contribution < 1.29 is 32.2 Å². The number of carbonyl (C=O) groups excluding carboxylic acids is 1. The summed E-state index contributed by atoms with van der Waals surface area (Å²) in [7, 11) is 0. The smallest absolute Gasteiger partial charge is 0.493 e. The highest BCUT2D eigenvalue weighted by molar-refractivity contribution is 6.09. The minimum absolute atomic E-state index is 0.157. The van der Waals surface area contributed by atoms with Crippen LogP contribution in [0.3, 0.4) is 0 Å². The molecule has 3 aromatic rings. The molecule has 8 heteroatoms. The van der Waals surface area contributed by atoms with Crippen LogP contribution in [0.15, 0.2) is 66.7 Å². The van der Waals surface area contributed by atoms with Crippen molar-refractivity contribution in [1.82, 2.24) is 0 Å². The number of anilines is 1. The van der Waals surface area contributed by atoms with Crippen LogP contribution in [-0.4, -0.2) is 24.5 Å². The Kier molecular flexibility index (Phi) is 6.09. The Balaban J connectivity index is 1.62. The molecule has 0 fully saturated rings. The number of carbonyl (C=O) groups is 1. The summed E-state index contributed by atoms with van der Waals surface area (Å²) in [6, 6.07) is 19.0. The minimum Gasteiger partial charge on any atom is -0.493 e. The van der Waals surface area contributed by atoms with Gasteiger partial charge in [0.1, 0.15) is 28.3 Å². The van der Waals surface area contributed by atoms with E-state index in [-0.39, 0.29) is 17.6 Å². The summed E-state index contributed by atoms with van der Waals surface area (Å²) < 4.78 is 54.3. The van der Waals surface area contributed by atoms with Crippen LogP contribution >= 0.6 is 0 Å². The van der Waals surface area contributed by atoms with E-state index in [1.54, 1.807) is 12.1 Å². The number of para-hydroxylation sites is 1. The van der Waals surface area contributed by atoms with E-state index >= 15 is 0 Å². The van der Waals surface area contributed by atoms with Crippen molar-refractivity contribution in [2.75, 3.05) is 11.9 Å². The molecule has 0 radical (unpaired) electrons. The molecule has 0 saturated heterocycles. The number of alkyl halides is 3. The predicted molar refractivity (Wildman–Crippen MR) is 133 cm³/mol. The van der Waals surface area contributed by atoms with E-state index in [1.807, 2.05) is 63.2 Å². The van der Waals surface area contributed by atoms with Crippen LogP contribution in [0.4, 0.5) is 18.9 Å². The van der Waals surface area contributed by atoms with E-state index in [0.29, 0.717) is 24.5 Å². The molecule has 5 rings (SSSR count). The molecule has 2 aliphatic heterocycles. The van der Waals surface area contributed by atoms with Crippen LogP contribution in [0.5, 0.6) is 17.2 Å². The number of rotatable bonds is 6. The Bertz CT molecular complexity index is 1320. The van der Waals surface area contributed by atoms with Crippen molar-refractivity contribution in [3.8, 4) is 17.2 Å².